The van der Waals surface area contributed by atoms with Crippen LogP contribution in [0.2, 0.25) is 5.02 Å². The van der Waals surface area contributed by atoms with Gasteiger partial charge in [0, 0.05) is 10.7 Å². The third-order valence-electron chi connectivity index (χ3n) is 3.58. The first-order valence-corrected chi connectivity index (χ1v) is 7.51. The Hall–Kier alpha value is -2.53. The van der Waals surface area contributed by atoms with Crippen LogP contribution in [-0.4, -0.2) is 18.4 Å². The monoisotopic (exact) mass is 330 g/mol. The van der Waals surface area contributed by atoms with Gasteiger partial charge in [-0.15, -0.1) is 0 Å². The van der Waals surface area contributed by atoms with E-state index < -0.39 is 0 Å². The van der Waals surface area contributed by atoms with Gasteiger partial charge < -0.3 is 15.4 Å². The average molecular weight is 331 g/mol. The predicted octanol–water partition coefficient (Wildman–Crippen LogP) is 3.16. The van der Waals surface area contributed by atoms with E-state index >= 15 is 0 Å². The van der Waals surface area contributed by atoms with E-state index in [1.54, 1.807) is 36.4 Å². The molecule has 2 aromatic rings. The quantitative estimate of drug-likeness (QED) is 0.908. The highest BCUT2D eigenvalue weighted by atomic mass is 35.5. The number of amides is 2. The molecule has 0 aromatic heterocycles. The molecule has 6 heteroatoms. The van der Waals surface area contributed by atoms with Gasteiger partial charge in [0.15, 0.2) is 6.61 Å². The smallest absolute Gasteiger partial charge is 0.262 e. The number of rotatable bonds is 3. The van der Waals surface area contributed by atoms with Crippen LogP contribution in [0.1, 0.15) is 11.1 Å². The molecule has 0 bridgehead atoms. The highest BCUT2D eigenvalue weighted by molar-refractivity contribution is 6.31. The summed E-state index contributed by atoms with van der Waals surface area (Å²) in [6.07, 6.45) is 0.190. The topological polar surface area (TPSA) is 67.4 Å². The third kappa shape index (κ3) is 3.46. The summed E-state index contributed by atoms with van der Waals surface area (Å²) in [6, 6.07) is 10.7. The number of fused-ring (bicyclic) bond motifs is 1. The van der Waals surface area contributed by atoms with E-state index in [2.05, 4.69) is 10.6 Å². The zero-order chi connectivity index (χ0) is 16.4. The highest BCUT2D eigenvalue weighted by Gasteiger charge is 2.16. The SMILES string of the molecule is Cc1c(Cl)cccc1NC(=O)Cc1ccc2c(c1)NC(=O)CO2. The van der Waals surface area contributed by atoms with Crippen molar-refractivity contribution in [2.75, 3.05) is 17.2 Å². The van der Waals surface area contributed by atoms with Crippen LogP contribution in [0.3, 0.4) is 0 Å². The lowest BCUT2D eigenvalue weighted by Gasteiger charge is -2.18. The summed E-state index contributed by atoms with van der Waals surface area (Å²) in [5.41, 5.74) is 2.89. The van der Waals surface area contributed by atoms with Gasteiger partial charge in [-0.05, 0) is 42.3 Å². The fourth-order valence-corrected chi connectivity index (χ4v) is 2.54. The van der Waals surface area contributed by atoms with Crippen molar-refractivity contribution in [2.24, 2.45) is 0 Å². The standard InChI is InChI=1S/C17H15ClN2O3/c1-10-12(18)3-2-4-13(10)19-16(21)8-11-5-6-15-14(7-11)20-17(22)9-23-15/h2-7H,8-9H2,1H3,(H,19,21)(H,20,22). The van der Waals surface area contributed by atoms with Crippen LogP contribution in [0.25, 0.3) is 0 Å². The maximum absolute atomic E-state index is 12.2. The molecule has 0 saturated heterocycles. The molecule has 5 nitrogen and oxygen atoms in total. The van der Waals surface area contributed by atoms with Gasteiger partial charge in [0.1, 0.15) is 5.75 Å². The van der Waals surface area contributed by atoms with Crippen molar-refractivity contribution in [3.05, 3.63) is 52.5 Å². The number of halogens is 1. The Labute approximate surface area is 138 Å². The van der Waals surface area contributed by atoms with Gasteiger partial charge in [0.05, 0.1) is 12.1 Å². The van der Waals surface area contributed by atoms with Gasteiger partial charge in [-0.25, -0.2) is 0 Å². The number of carbonyl (C=O) groups is 2. The van der Waals surface area contributed by atoms with Crippen LogP contribution in [0.4, 0.5) is 11.4 Å². The molecular formula is C17H15ClN2O3. The zero-order valence-electron chi connectivity index (χ0n) is 12.5. The van der Waals surface area contributed by atoms with Gasteiger partial charge in [0.25, 0.3) is 5.91 Å². The van der Waals surface area contributed by atoms with Gasteiger partial charge in [0.2, 0.25) is 5.91 Å². The number of hydrogen-bond acceptors (Lipinski definition) is 3. The Morgan fingerprint density at radius 2 is 2.17 bits per heavy atom. The minimum atomic E-state index is -0.200. The zero-order valence-corrected chi connectivity index (χ0v) is 13.2. The van der Waals surface area contributed by atoms with E-state index in [1.807, 2.05) is 6.92 Å². The predicted molar refractivity (Wildman–Crippen MR) is 89.1 cm³/mol. The Morgan fingerprint density at radius 1 is 1.35 bits per heavy atom. The molecule has 0 aliphatic carbocycles. The van der Waals surface area contributed by atoms with Crippen LogP contribution in [0, 0.1) is 6.92 Å². The molecule has 0 atom stereocenters. The molecule has 0 spiro atoms. The Kier molecular flexibility index (Phi) is 4.21. The molecule has 2 amide bonds. The molecule has 1 aliphatic heterocycles. The molecule has 3 rings (SSSR count). The van der Waals surface area contributed by atoms with E-state index in [0.29, 0.717) is 22.1 Å². The Balaban J connectivity index is 1.72. The third-order valence-corrected chi connectivity index (χ3v) is 3.99. The summed E-state index contributed by atoms with van der Waals surface area (Å²) >= 11 is 6.05. The van der Waals surface area contributed by atoms with Crippen LogP contribution in [0.15, 0.2) is 36.4 Å². The van der Waals surface area contributed by atoms with E-state index in [4.69, 9.17) is 16.3 Å². The summed E-state index contributed by atoms with van der Waals surface area (Å²) in [6.45, 7) is 1.87. The lowest BCUT2D eigenvalue weighted by molar-refractivity contribution is -0.118. The maximum atomic E-state index is 12.2. The molecule has 0 fully saturated rings. The summed E-state index contributed by atoms with van der Waals surface area (Å²) in [5.74, 6) is 0.256. The van der Waals surface area contributed by atoms with Crippen molar-refractivity contribution in [3.8, 4) is 5.75 Å². The average Bonchev–Trinajstić information content (AvgIpc) is 2.51. The van der Waals surface area contributed by atoms with Crippen LogP contribution in [-0.2, 0) is 16.0 Å². The van der Waals surface area contributed by atoms with Gasteiger partial charge >= 0.3 is 0 Å². The maximum Gasteiger partial charge on any atom is 0.262 e. The fourth-order valence-electron chi connectivity index (χ4n) is 2.36. The van der Waals surface area contributed by atoms with Crippen LogP contribution < -0.4 is 15.4 Å². The summed E-state index contributed by atoms with van der Waals surface area (Å²) in [7, 11) is 0. The second-order valence-corrected chi connectivity index (χ2v) is 5.71. The fraction of sp³-hybridized carbons (Fsp3) is 0.176. The van der Waals surface area contributed by atoms with Gasteiger partial charge in [-0.3, -0.25) is 9.59 Å². The minimum Gasteiger partial charge on any atom is -0.482 e. The number of ether oxygens (including phenoxy) is 1. The van der Waals surface area contributed by atoms with E-state index in [-0.39, 0.29) is 24.8 Å². The highest BCUT2D eigenvalue weighted by Crippen LogP contribution is 2.29. The molecular weight excluding hydrogens is 316 g/mol. The van der Waals surface area contributed by atoms with Crippen molar-refractivity contribution in [1.29, 1.82) is 0 Å². The molecule has 0 saturated carbocycles. The van der Waals surface area contributed by atoms with Crippen molar-refractivity contribution in [3.63, 3.8) is 0 Å². The first kappa shape index (κ1) is 15.4. The molecule has 2 aromatic carbocycles. The first-order chi connectivity index (χ1) is 11.0. The minimum absolute atomic E-state index is 0.0148. The number of hydrogen-bond donors (Lipinski definition) is 2. The van der Waals surface area contributed by atoms with Crippen molar-refractivity contribution in [1.82, 2.24) is 0 Å². The molecule has 1 aliphatic rings. The largest absolute Gasteiger partial charge is 0.482 e. The summed E-state index contributed by atoms with van der Waals surface area (Å²) < 4.78 is 5.29. The molecule has 0 radical (unpaired) electrons. The van der Waals surface area contributed by atoms with Crippen LogP contribution in [0.5, 0.6) is 5.75 Å². The number of carbonyl (C=O) groups excluding carboxylic acids is 2. The van der Waals surface area contributed by atoms with Crippen molar-refractivity contribution < 1.29 is 14.3 Å². The molecule has 23 heavy (non-hydrogen) atoms. The molecule has 1 heterocycles. The van der Waals surface area contributed by atoms with Crippen molar-refractivity contribution >= 4 is 34.8 Å². The summed E-state index contributed by atoms with van der Waals surface area (Å²) in [5, 5.41) is 6.18. The second-order valence-electron chi connectivity index (χ2n) is 5.30. The van der Waals surface area contributed by atoms with Gasteiger partial charge in [-0.2, -0.15) is 0 Å². The second kappa shape index (κ2) is 6.30. The lowest BCUT2D eigenvalue weighted by atomic mass is 10.1. The van der Waals surface area contributed by atoms with E-state index in [0.717, 1.165) is 11.1 Å². The van der Waals surface area contributed by atoms with Crippen molar-refractivity contribution in [2.45, 2.75) is 13.3 Å². The lowest BCUT2D eigenvalue weighted by Crippen LogP contribution is -2.25. The Bertz CT molecular complexity index is 789. The van der Waals surface area contributed by atoms with Crippen LogP contribution >= 0.6 is 11.6 Å². The summed E-state index contributed by atoms with van der Waals surface area (Å²) in [4.78, 5) is 23.5. The first-order valence-electron chi connectivity index (χ1n) is 7.13. The molecule has 2 N–H and O–H groups in total. The Morgan fingerprint density at radius 3 is 3.00 bits per heavy atom. The van der Waals surface area contributed by atoms with E-state index in [1.165, 1.54) is 0 Å². The number of benzene rings is 2. The normalized spacial score (nSPS) is 12.9. The van der Waals surface area contributed by atoms with Gasteiger partial charge in [-0.1, -0.05) is 23.7 Å². The number of anilines is 2. The molecule has 118 valence electrons. The van der Waals surface area contributed by atoms with E-state index in [9.17, 15) is 9.59 Å². The molecule has 0 unspecified atom stereocenters. The number of nitrogens with one attached hydrogen (secondary N) is 2.